The molecular weight excluding hydrogens is 456 g/mol. The van der Waals surface area contributed by atoms with E-state index < -0.39 is 0 Å². The number of morpholine rings is 1. The number of nitrogens with zero attached hydrogens (tertiary/aromatic N) is 3. The number of halogens is 1. The highest BCUT2D eigenvalue weighted by Gasteiger charge is 2.13. The quantitative estimate of drug-likeness (QED) is 0.407. The molecular formula is C25H25ClN4O2S. The Labute approximate surface area is 201 Å². The molecule has 0 saturated carbocycles. The first-order valence-corrected chi connectivity index (χ1v) is 12.3. The third-order valence-electron chi connectivity index (χ3n) is 5.81. The summed E-state index contributed by atoms with van der Waals surface area (Å²) in [5.41, 5.74) is 3.59. The Morgan fingerprint density at radius 1 is 1.12 bits per heavy atom. The summed E-state index contributed by atoms with van der Waals surface area (Å²) in [4.78, 5) is 19.6. The molecule has 1 amide bonds. The first-order chi connectivity index (χ1) is 16.2. The molecule has 1 N–H and O–H groups in total. The minimum Gasteiger partial charge on any atom is -0.379 e. The van der Waals surface area contributed by atoms with Crippen molar-refractivity contribution in [2.24, 2.45) is 0 Å². The van der Waals surface area contributed by atoms with E-state index in [1.165, 1.54) is 16.9 Å². The van der Waals surface area contributed by atoms with Gasteiger partial charge in [-0.25, -0.2) is 4.98 Å². The Balaban J connectivity index is 1.20. The largest absolute Gasteiger partial charge is 0.379 e. The van der Waals surface area contributed by atoms with E-state index in [1.807, 2.05) is 41.8 Å². The second-order valence-corrected chi connectivity index (χ2v) is 9.35. The van der Waals surface area contributed by atoms with Crippen molar-refractivity contribution in [1.29, 1.82) is 0 Å². The Hall–Kier alpha value is -2.71. The van der Waals surface area contributed by atoms with Gasteiger partial charge in [-0.15, -0.1) is 11.3 Å². The number of thiazole rings is 1. The number of carbonyl (C=O) groups excluding carboxylic acids is 1. The number of ether oxygens (including phenoxy) is 1. The summed E-state index contributed by atoms with van der Waals surface area (Å²) < 4.78 is 7.69. The zero-order valence-corrected chi connectivity index (χ0v) is 19.7. The molecule has 4 aromatic rings. The van der Waals surface area contributed by atoms with Gasteiger partial charge in [-0.1, -0.05) is 29.8 Å². The van der Waals surface area contributed by atoms with E-state index in [1.54, 1.807) is 0 Å². The number of carbonyl (C=O) groups is 1. The number of fused-ring (bicyclic) bond motifs is 1. The number of aromatic nitrogens is 2. The Kier molecular flexibility index (Phi) is 6.73. The third-order valence-corrected chi connectivity index (χ3v) is 7.07. The van der Waals surface area contributed by atoms with Crippen molar-refractivity contribution in [3.05, 3.63) is 70.8 Å². The fourth-order valence-electron chi connectivity index (χ4n) is 4.06. The number of amides is 1. The molecule has 0 bridgehead atoms. The van der Waals surface area contributed by atoms with Crippen molar-refractivity contribution < 1.29 is 9.53 Å². The maximum Gasteiger partial charge on any atom is 0.230 e. The maximum atomic E-state index is 12.6. The van der Waals surface area contributed by atoms with Gasteiger partial charge in [0.2, 0.25) is 5.91 Å². The molecule has 5 rings (SSSR count). The van der Waals surface area contributed by atoms with Gasteiger partial charge in [-0.05, 0) is 30.3 Å². The first-order valence-electron chi connectivity index (χ1n) is 11.0. The molecule has 0 atom stereocenters. The van der Waals surface area contributed by atoms with Crippen molar-refractivity contribution in [1.82, 2.24) is 14.5 Å². The lowest BCUT2D eigenvalue weighted by Gasteiger charge is -2.26. The summed E-state index contributed by atoms with van der Waals surface area (Å²) >= 11 is 7.76. The average molecular weight is 481 g/mol. The minimum atomic E-state index is -0.0860. The zero-order valence-electron chi connectivity index (χ0n) is 18.2. The molecule has 6 nitrogen and oxygen atoms in total. The van der Waals surface area contributed by atoms with Crippen molar-refractivity contribution >= 4 is 45.4 Å². The van der Waals surface area contributed by atoms with Crippen LogP contribution in [0.1, 0.15) is 5.69 Å². The highest BCUT2D eigenvalue weighted by molar-refractivity contribution is 7.13. The minimum absolute atomic E-state index is 0.0860. The molecule has 0 radical (unpaired) electrons. The summed E-state index contributed by atoms with van der Waals surface area (Å²) in [5, 5.41) is 7.51. The van der Waals surface area contributed by atoms with Crippen molar-refractivity contribution in [2.75, 3.05) is 38.2 Å². The van der Waals surface area contributed by atoms with Crippen LogP contribution in [0.4, 0.5) is 5.69 Å². The second kappa shape index (κ2) is 10.1. The smallest absolute Gasteiger partial charge is 0.230 e. The van der Waals surface area contributed by atoms with Gasteiger partial charge < -0.3 is 14.6 Å². The van der Waals surface area contributed by atoms with Gasteiger partial charge in [0.1, 0.15) is 5.01 Å². The van der Waals surface area contributed by atoms with Crippen molar-refractivity contribution in [3.8, 4) is 10.6 Å². The standard InChI is InChI=1S/C25H25ClN4O2S/c26-22-4-2-1-3-21(22)25-28-20(17-33-25)16-24(31)27-19-5-6-23-18(15-19)7-8-30(23)10-9-29-11-13-32-14-12-29/h1-8,15,17H,9-14,16H2,(H,27,31). The van der Waals surface area contributed by atoms with Crippen LogP contribution in [-0.2, 0) is 22.5 Å². The maximum absolute atomic E-state index is 12.6. The summed E-state index contributed by atoms with van der Waals surface area (Å²) in [6.45, 7) is 5.57. The number of anilines is 1. The lowest BCUT2D eigenvalue weighted by molar-refractivity contribution is -0.115. The van der Waals surface area contributed by atoms with Crippen molar-refractivity contribution in [3.63, 3.8) is 0 Å². The van der Waals surface area contributed by atoms with Crippen LogP contribution in [0.3, 0.4) is 0 Å². The highest BCUT2D eigenvalue weighted by Crippen LogP contribution is 2.30. The van der Waals surface area contributed by atoms with Gasteiger partial charge in [0.15, 0.2) is 0 Å². The van der Waals surface area contributed by atoms with Gasteiger partial charge >= 0.3 is 0 Å². The van der Waals surface area contributed by atoms with Crippen LogP contribution < -0.4 is 5.32 Å². The summed E-state index contributed by atoms with van der Waals surface area (Å²) in [6, 6.07) is 15.8. The van der Waals surface area contributed by atoms with Gasteiger partial charge in [-0.2, -0.15) is 0 Å². The van der Waals surface area contributed by atoms with E-state index in [0.717, 1.165) is 66.7 Å². The van der Waals surface area contributed by atoms with Crippen LogP contribution in [0.5, 0.6) is 0 Å². The molecule has 1 aliphatic rings. The molecule has 2 aromatic carbocycles. The van der Waals surface area contributed by atoms with Gasteiger partial charge in [-0.3, -0.25) is 9.69 Å². The van der Waals surface area contributed by atoms with E-state index in [9.17, 15) is 4.79 Å². The third kappa shape index (κ3) is 5.28. The summed E-state index contributed by atoms with van der Waals surface area (Å²) in [5.74, 6) is -0.0860. The molecule has 0 spiro atoms. The number of nitrogens with one attached hydrogen (secondary N) is 1. The van der Waals surface area contributed by atoms with E-state index in [-0.39, 0.29) is 12.3 Å². The molecule has 3 heterocycles. The van der Waals surface area contributed by atoms with Crippen LogP contribution in [0, 0.1) is 0 Å². The second-order valence-electron chi connectivity index (χ2n) is 8.09. The fraction of sp³-hybridized carbons (Fsp3) is 0.280. The SMILES string of the molecule is O=C(Cc1csc(-c2ccccc2Cl)n1)Nc1ccc2c(ccn2CCN2CCOCC2)c1. The highest BCUT2D eigenvalue weighted by atomic mass is 35.5. The monoisotopic (exact) mass is 480 g/mol. The van der Waals surface area contributed by atoms with Gasteiger partial charge in [0.05, 0.1) is 30.4 Å². The van der Waals surface area contributed by atoms with Crippen LogP contribution >= 0.6 is 22.9 Å². The topological polar surface area (TPSA) is 59.4 Å². The number of hydrogen-bond donors (Lipinski definition) is 1. The predicted octanol–water partition coefficient (Wildman–Crippen LogP) is 4.93. The van der Waals surface area contributed by atoms with E-state index in [4.69, 9.17) is 16.3 Å². The van der Waals surface area contributed by atoms with E-state index >= 15 is 0 Å². The number of rotatable bonds is 7. The molecule has 33 heavy (non-hydrogen) atoms. The summed E-state index contributed by atoms with van der Waals surface area (Å²) in [6.07, 6.45) is 2.34. The van der Waals surface area contributed by atoms with E-state index in [2.05, 4.69) is 38.1 Å². The predicted molar refractivity (Wildman–Crippen MR) is 134 cm³/mol. The van der Waals surface area contributed by atoms with Crippen molar-refractivity contribution in [2.45, 2.75) is 13.0 Å². The molecule has 1 saturated heterocycles. The Morgan fingerprint density at radius 2 is 1.97 bits per heavy atom. The number of benzene rings is 2. The molecule has 1 aliphatic heterocycles. The van der Waals surface area contributed by atoms with Crippen LogP contribution in [-0.4, -0.2) is 53.2 Å². The van der Waals surface area contributed by atoms with E-state index in [0.29, 0.717) is 5.02 Å². The average Bonchev–Trinajstić information content (AvgIpc) is 3.45. The zero-order chi connectivity index (χ0) is 22.6. The fourth-order valence-corrected chi connectivity index (χ4v) is 5.20. The lowest BCUT2D eigenvalue weighted by atomic mass is 10.2. The molecule has 8 heteroatoms. The first kappa shape index (κ1) is 22.1. The molecule has 1 fully saturated rings. The molecule has 0 unspecified atom stereocenters. The molecule has 0 aliphatic carbocycles. The van der Waals surface area contributed by atoms with Crippen LogP contribution in [0.2, 0.25) is 5.02 Å². The Morgan fingerprint density at radius 3 is 2.82 bits per heavy atom. The van der Waals surface area contributed by atoms with Gasteiger partial charge in [0, 0.05) is 59.9 Å². The van der Waals surface area contributed by atoms with Crippen LogP contribution in [0.25, 0.3) is 21.5 Å². The Bertz CT molecular complexity index is 1260. The van der Waals surface area contributed by atoms with Gasteiger partial charge in [0.25, 0.3) is 0 Å². The molecule has 2 aromatic heterocycles. The normalized spacial score (nSPS) is 14.6. The van der Waals surface area contributed by atoms with Crippen LogP contribution in [0.15, 0.2) is 60.1 Å². The summed E-state index contributed by atoms with van der Waals surface area (Å²) in [7, 11) is 0. The molecule has 170 valence electrons. The number of hydrogen-bond acceptors (Lipinski definition) is 5. The lowest BCUT2D eigenvalue weighted by Crippen LogP contribution is -2.38.